The van der Waals surface area contributed by atoms with E-state index in [0.717, 1.165) is 30.7 Å². The van der Waals surface area contributed by atoms with Crippen LogP contribution in [0.5, 0.6) is 0 Å². The van der Waals surface area contributed by atoms with Crippen molar-refractivity contribution in [1.29, 1.82) is 0 Å². The molecule has 0 N–H and O–H groups in total. The van der Waals surface area contributed by atoms with Gasteiger partial charge < -0.3 is 4.90 Å². The van der Waals surface area contributed by atoms with Crippen molar-refractivity contribution in [3.8, 4) is 0 Å². The summed E-state index contributed by atoms with van der Waals surface area (Å²) < 4.78 is 1.38. The van der Waals surface area contributed by atoms with Crippen LogP contribution in [-0.4, -0.2) is 23.3 Å². The van der Waals surface area contributed by atoms with Crippen LogP contribution in [0.3, 0.4) is 0 Å². The first kappa shape index (κ1) is 35.1. The zero-order valence-electron chi connectivity index (χ0n) is 24.8. The van der Waals surface area contributed by atoms with Gasteiger partial charge in [0.05, 0.1) is 0 Å². The molecule has 195 valence electrons. The Morgan fingerprint density at radius 2 is 1.03 bits per heavy atom. The third-order valence-electron chi connectivity index (χ3n) is 5.44. The van der Waals surface area contributed by atoms with Crippen LogP contribution in [0.15, 0.2) is 61.0 Å². The molecule has 4 rings (SSSR count). The van der Waals surface area contributed by atoms with Crippen LogP contribution in [0, 0.1) is 13.8 Å². The number of likely N-dealkylation sites (N-methyl/N-ethyl adjacent to an activating group) is 2. The minimum absolute atomic E-state index is 0.936. The maximum atomic E-state index is 4.10. The number of aryl methyl sites for hydroxylation is 2. The van der Waals surface area contributed by atoms with E-state index in [4.69, 9.17) is 0 Å². The maximum absolute atomic E-state index is 4.10. The van der Waals surface area contributed by atoms with Gasteiger partial charge in [0.1, 0.15) is 0 Å². The van der Waals surface area contributed by atoms with Crippen molar-refractivity contribution in [2.75, 3.05) is 19.0 Å². The molecule has 2 heterocycles. The first-order valence-electron chi connectivity index (χ1n) is 13.3. The molecule has 2 aliphatic heterocycles. The molecular formula is C32H52N2V. The number of fused-ring (bicyclic) bond motifs is 2. The molecule has 0 unspecified atom stereocenters. The molecule has 0 amide bonds. The van der Waals surface area contributed by atoms with Gasteiger partial charge in [-0.2, -0.15) is 0 Å². The standard InChI is InChI=1S/C14H17N.C10H11N.4C2H6.V/c1-10-5-6-13-8-11(2)15(4)12(3)9-14(13)7-10;1-8-3-4-9-5-6-11(2)10(9)7-8;4*1-2;/h5-7H,2-3,8-9H2,1,4H3;3-4,7H,5H2,1-2H3;4*1-2H3;. The van der Waals surface area contributed by atoms with Crippen molar-refractivity contribution >= 4 is 10.0 Å². The second-order valence-corrected chi connectivity index (χ2v) is 8.41. The average molecular weight is 516 g/mol. The van der Waals surface area contributed by atoms with Gasteiger partial charge in [0.25, 0.3) is 0 Å². The monoisotopic (exact) mass is 515 g/mol. The first-order valence-corrected chi connectivity index (χ1v) is 14.0. The Morgan fingerprint density at radius 1 is 0.600 bits per heavy atom. The zero-order chi connectivity index (χ0) is 27.7. The molecule has 0 radical (unpaired) electrons. The molecule has 0 bridgehead atoms. The van der Waals surface area contributed by atoms with Crippen molar-refractivity contribution in [3.05, 3.63) is 88.8 Å². The van der Waals surface area contributed by atoms with Gasteiger partial charge in [-0.05, 0) is 18.1 Å². The normalized spacial score (nSPS) is 12.8. The average Bonchev–Trinajstić information content (AvgIpc) is 3.12. The second kappa shape index (κ2) is 19.2. The van der Waals surface area contributed by atoms with Gasteiger partial charge in [-0.25, -0.2) is 0 Å². The summed E-state index contributed by atoms with van der Waals surface area (Å²) in [5, 5.41) is 0. The Kier molecular flexibility index (Phi) is 19.3. The summed E-state index contributed by atoms with van der Waals surface area (Å²) in [4.78, 5) is 4.36. The molecule has 35 heavy (non-hydrogen) atoms. The van der Waals surface area contributed by atoms with E-state index in [0.29, 0.717) is 0 Å². The number of hydrogen-bond acceptors (Lipinski definition) is 2. The molecule has 2 aromatic carbocycles. The van der Waals surface area contributed by atoms with Gasteiger partial charge in [-0.3, -0.25) is 0 Å². The molecule has 2 aromatic rings. The van der Waals surface area contributed by atoms with Crippen LogP contribution < -0.4 is 4.90 Å². The third-order valence-corrected chi connectivity index (χ3v) is 6.15. The molecule has 0 aromatic heterocycles. The van der Waals surface area contributed by atoms with E-state index in [9.17, 15) is 0 Å². The van der Waals surface area contributed by atoms with Crippen LogP contribution in [0.1, 0.15) is 83.2 Å². The van der Waals surface area contributed by atoms with Gasteiger partial charge in [0, 0.05) is 31.3 Å². The van der Waals surface area contributed by atoms with E-state index in [1.165, 1.54) is 37.9 Å². The third kappa shape index (κ3) is 10.6. The van der Waals surface area contributed by atoms with Crippen molar-refractivity contribution in [2.45, 2.75) is 88.5 Å². The molecular weight excluding hydrogens is 463 g/mol. The van der Waals surface area contributed by atoms with Crippen LogP contribution in [0.2, 0.25) is 0 Å². The van der Waals surface area contributed by atoms with Gasteiger partial charge in [0.2, 0.25) is 0 Å². The Labute approximate surface area is 227 Å². The van der Waals surface area contributed by atoms with Gasteiger partial charge in [-0.1, -0.05) is 92.3 Å². The summed E-state index contributed by atoms with van der Waals surface area (Å²) >= 11 is 2.64. The number of nitrogens with zero attached hydrogens (tertiary/aromatic N) is 2. The molecule has 2 aliphatic rings. The number of hydrogen-bond donors (Lipinski definition) is 0. The fraction of sp³-hybridized carbons (Fsp3) is 0.469. The summed E-state index contributed by atoms with van der Waals surface area (Å²) in [5.74, 6) is 0. The molecule has 0 saturated heterocycles. The van der Waals surface area contributed by atoms with Gasteiger partial charge >= 0.3 is 81.6 Å². The summed E-state index contributed by atoms with van der Waals surface area (Å²) in [6.45, 7) is 28.5. The van der Waals surface area contributed by atoms with E-state index in [-0.39, 0.29) is 0 Å². The first-order chi connectivity index (χ1) is 16.8. The predicted octanol–water partition coefficient (Wildman–Crippen LogP) is 8.82. The molecule has 0 spiro atoms. The van der Waals surface area contributed by atoms with Crippen LogP contribution in [0.4, 0.5) is 5.69 Å². The molecule has 3 heteroatoms. The van der Waals surface area contributed by atoms with Crippen molar-refractivity contribution in [2.24, 2.45) is 0 Å². The number of rotatable bonds is 0. The number of allylic oxidation sites excluding steroid dienone is 2. The summed E-state index contributed by atoms with van der Waals surface area (Å²) in [6.07, 6.45) is 2.96. The summed E-state index contributed by atoms with van der Waals surface area (Å²) in [5.41, 5.74) is 10.5. The van der Waals surface area contributed by atoms with Crippen molar-refractivity contribution in [1.82, 2.24) is 4.90 Å². The molecule has 0 atom stereocenters. The summed E-state index contributed by atoms with van der Waals surface area (Å²) in [6, 6.07) is 13.3. The second-order valence-electron chi connectivity index (χ2n) is 7.60. The van der Waals surface area contributed by atoms with E-state index in [1.54, 1.807) is 0 Å². The van der Waals surface area contributed by atoms with E-state index >= 15 is 0 Å². The van der Waals surface area contributed by atoms with Gasteiger partial charge in [-0.15, -0.1) is 0 Å². The number of benzene rings is 2. The van der Waals surface area contributed by atoms with Crippen LogP contribution >= 0.6 is 0 Å². The Morgan fingerprint density at radius 3 is 1.54 bits per heavy atom. The quantitative estimate of drug-likeness (QED) is 0.346. The fourth-order valence-corrected chi connectivity index (χ4v) is 3.99. The SMILES string of the molecule is C=C1Cc2ccc(C)cc2CC(=C)N1C.CC.CC.CC.CC.Cc1ccc2c(c1)N(C)[C](=[V])C2. The van der Waals surface area contributed by atoms with Crippen molar-refractivity contribution < 1.29 is 17.0 Å². The Bertz CT molecular complexity index is 927. The van der Waals surface area contributed by atoms with E-state index in [2.05, 4.69) is 97.2 Å². The molecule has 2 nitrogen and oxygen atoms in total. The molecule has 0 fully saturated rings. The number of anilines is 1. The Balaban J connectivity index is 0. The Hall–Kier alpha value is -2.03. The van der Waals surface area contributed by atoms with E-state index < -0.39 is 0 Å². The van der Waals surface area contributed by atoms with E-state index in [1.807, 2.05) is 62.4 Å². The van der Waals surface area contributed by atoms with Crippen LogP contribution in [0.25, 0.3) is 0 Å². The summed E-state index contributed by atoms with van der Waals surface area (Å²) in [7, 11) is 4.17. The zero-order valence-corrected chi connectivity index (χ0v) is 26.2. The molecule has 0 saturated carbocycles. The topological polar surface area (TPSA) is 6.48 Å². The van der Waals surface area contributed by atoms with Gasteiger partial charge in [0.15, 0.2) is 0 Å². The molecule has 0 aliphatic carbocycles. The van der Waals surface area contributed by atoms with Crippen LogP contribution in [-0.2, 0) is 36.2 Å². The predicted molar refractivity (Wildman–Crippen MR) is 158 cm³/mol. The fourth-order valence-electron chi connectivity index (χ4n) is 3.56. The van der Waals surface area contributed by atoms with Crippen molar-refractivity contribution in [3.63, 3.8) is 0 Å². The minimum atomic E-state index is 0.936.